The highest BCUT2D eigenvalue weighted by molar-refractivity contribution is 6.33. The number of hydrogen-bond acceptors (Lipinski definition) is 5. The minimum atomic E-state index is -0.634. The van der Waals surface area contributed by atoms with Gasteiger partial charge in [-0.2, -0.15) is 0 Å². The van der Waals surface area contributed by atoms with Crippen LogP contribution in [0, 0.1) is 0 Å². The summed E-state index contributed by atoms with van der Waals surface area (Å²) in [7, 11) is 1.54. The van der Waals surface area contributed by atoms with Crippen LogP contribution in [0.3, 0.4) is 0 Å². The van der Waals surface area contributed by atoms with E-state index >= 15 is 0 Å². The Morgan fingerprint density at radius 2 is 1.73 bits per heavy atom. The molecule has 0 aliphatic rings. The number of ether oxygens (including phenoxy) is 2. The van der Waals surface area contributed by atoms with Gasteiger partial charge in [-0.25, -0.2) is 4.79 Å². The van der Waals surface area contributed by atoms with Crippen LogP contribution in [0.5, 0.6) is 5.75 Å². The maximum absolute atomic E-state index is 11.9. The van der Waals surface area contributed by atoms with Gasteiger partial charge in [0, 0.05) is 5.56 Å². The van der Waals surface area contributed by atoms with Crippen LogP contribution < -0.4 is 10.5 Å². The van der Waals surface area contributed by atoms with Crippen molar-refractivity contribution >= 4 is 29.0 Å². The average Bonchev–Trinajstić information content (AvgIpc) is 2.54. The van der Waals surface area contributed by atoms with Gasteiger partial charge in [0.2, 0.25) is 0 Å². The Morgan fingerprint density at radius 3 is 2.32 bits per heavy atom. The molecular formula is C16H14ClNO4. The molecule has 6 heteroatoms. The van der Waals surface area contributed by atoms with Crippen molar-refractivity contribution in [3.63, 3.8) is 0 Å². The molecule has 2 aromatic carbocycles. The molecule has 0 aromatic heterocycles. The highest BCUT2D eigenvalue weighted by Crippen LogP contribution is 2.20. The van der Waals surface area contributed by atoms with Crippen molar-refractivity contribution in [1.82, 2.24) is 0 Å². The molecule has 0 saturated carbocycles. The van der Waals surface area contributed by atoms with E-state index < -0.39 is 5.97 Å². The van der Waals surface area contributed by atoms with E-state index in [9.17, 15) is 9.59 Å². The second kappa shape index (κ2) is 6.95. The minimum absolute atomic E-state index is 0.240. The van der Waals surface area contributed by atoms with Crippen LogP contribution in [0.2, 0.25) is 5.02 Å². The zero-order valence-electron chi connectivity index (χ0n) is 11.8. The first-order valence-electron chi connectivity index (χ1n) is 6.40. The first kappa shape index (κ1) is 15.9. The molecule has 0 amide bonds. The molecule has 22 heavy (non-hydrogen) atoms. The number of esters is 1. The molecule has 0 fully saturated rings. The van der Waals surface area contributed by atoms with E-state index in [-0.39, 0.29) is 23.6 Å². The lowest BCUT2D eigenvalue weighted by molar-refractivity contribution is 0.0475. The first-order valence-corrected chi connectivity index (χ1v) is 6.78. The van der Waals surface area contributed by atoms with Gasteiger partial charge in [-0.3, -0.25) is 4.79 Å². The van der Waals surface area contributed by atoms with Crippen molar-refractivity contribution < 1.29 is 19.1 Å². The maximum atomic E-state index is 11.9. The molecule has 0 atom stereocenters. The largest absolute Gasteiger partial charge is 0.497 e. The Hall–Kier alpha value is -2.53. The van der Waals surface area contributed by atoms with E-state index in [1.165, 1.54) is 25.3 Å². The molecule has 5 nitrogen and oxygen atoms in total. The molecule has 0 aliphatic carbocycles. The van der Waals surface area contributed by atoms with Crippen molar-refractivity contribution in [2.45, 2.75) is 0 Å². The number of halogens is 1. The van der Waals surface area contributed by atoms with Gasteiger partial charge >= 0.3 is 5.97 Å². The molecule has 0 radical (unpaired) electrons. The molecule has 0 spiro atoms. The molecule has 0 unspecified atom stereocenters. The topological polar surface area (TPSA) is 78.6 Å². The fourth-order valence-corrected chi connectivity index (χ4v) is 1.86. The summed E-state index contributed by atoms with van der Waals surface area (Å²) in [6.45, 7) is -0.353. The number of nitrogens with two attached hydrogens (primary N) is 1. The number of rotatable bonds is 5. The lowest BCUT2D eigenvalue weighted by atomic mass is 10.1. The predicted octanol–water partition coefficient (Wildman–Crippen LogP) is 2.97. The lowest BCUT2D eigenvalue weighted by Crippen LogP contribution is -2.14. The number of ketones is 1. The number of Topliss-reactive ketones (excluding diaryl/α,β-unsaturated/α-hetero) is 1. The van der Waals surface area contributed by atoms with E-state index in [1.54, 1.807) is 24.3 Å². The molecule has 2 aromatic rings. The highest BCUT2D eigenvalue weighted by atomic mass is 35.5. The molecule has 2 rings (SSSR count). The zero-order chi connectivity index (χ0) is 16.1. The van der Waals surface area contributed by atoms with Crippen molar-refractivity contribution in [1.29, 1.82) is 0 Å². The first-order chi connectivity index (χ1) is 10.5. The van der Waals surface area contributed by atoms with Gasteiger partial charge in [-0.15, -0.1) is 0 Å². The van der Waals surface area contributed by atoms with Gasteiger partial charge in [0.1, 0.15) is 5.75 Å². The average molecular weight is 320 g/mol. The number of benzene rings is 2. The van der Waals surface area contributed by atoms with Gasteiger partial charge in [0.15, 0.2) is 12.4 Å². The monoisotopic (exact) mass is 319 g/mol. The highest BCUT2D eigenvalue weighted by Gasteiger charge is 2.13. The summed E-state index contributed by atoms with van der Waals surface area (Å²) in [5.41, 5.74) is 6.56. The van der Waals surface area contributed by atoms with Crippen LogP contribution >= 0.6 is 11.6 Å². The van der Waals surface area contributed by atoms with E-state index in [4.69, 9.17) is 26.8 Å². The lowest BCUT2D eigenvalue weighted by Gasteiger charge is -2.06. The fraction of sp³-hybridized carbons (Fsp3) is 0.125. The van der Waals surface area contributed by atoms with Crippen molar-refractivity contribution in [3.05, 3.63) is 58.6 Å². The summed E-state index contributed by atoms with van der Waals surface area (Å²) in [6, 6.07) is 10.9. The SMILES string of the molecule is COc1ccc(C(=O)COC(=O)c2ccc(Cl)c(N)c2)cc1. The molecule has 114 valence electrons. The van der Waals surface area contributed by atoms with Gasteiger partial charge in [-0.1, -0.05) is 11.6 Å². The van der Waals surface area contributed by atoms with Gasteiger partial charge in [0.25, 0.3) is 0 Å². The van der Waals surface area contributed by atoms with Crippen molar-refractivity contribution in [2.24, 2.45) is 0 Å². The quantitative estimate of drug-likeness (QED) is 0.520. The third-order valence-corrected chi connectivity index (χ3v) is 3.32. The summed E-state index contributed by atoms with van der Waals surface area (Å²) in [5.74, 6) is -0.298. The summed E-state index contributed by atoms with van der Waals surface area (Å²) >= 11 is 5.78. The molecule has 2 N–H and O–H groups in total. The number of hydrogen-bond donors (Lipinski definition) is 1. The fourth-order valence-electron chi connectivity index (χ4n) is 1.75. The third kappa shape index (κ3) is 3.77. The molecule has 0 heterocycles. The Balaban J connectivity index is 1.97. The number of methoxy groups -OCH3 is 1. The third-order valence-electron chi connectivity index (χ3n) is 2.98. The molecular weight excluding hydrogens is 306 g/mol. The second-order valence-electron chi connectivity index (χ2n) is 4.46. The van der Waals surface area contributed by atoms with Crippen molar-refractivity contribution in [2.75, 3.05) is 19.5 Å². The van der Waals surface area contributed by atoms with Gasteiger partial charge in [0.05, 0.1) is 23.4 Å². The van der Waals surface area contributed by atoms with Crippen molar-refractivity contribution in [3.8, 4) is 5.75 Å². The van der Waals surface area contributed by atoms with E-state index in [1.807, 2.05) is 0 Å². The number of carbonyl (C=O) groups excluding carboxylic acids is 2. The zero-order valence-corrected chi connectivity index (χ0v) is 12.6. The Morgan fingerprint density at radius 1 is 1.09 bits per heavy atom. The van der Waals surface area contributed by atoms with E-state index in [0.29, 0.717) is 16.3 Å². The molecule has 0 saturated heterocycles. The summed E-state index contributed by atoms with van der Waals surface area (Å²) in [6.07, 6.45) is 0. The smallest absolute Gasteiger partial charge is 0.338 e. The van der Waals surface area contributed by atoms with E-state index in [0.717, 1.165) is 0 Å². The summed E-state index contributed by atoms with van der Waals surface area (Å²) in [5, 5.41) is 0.353. The van der Waals surface area contributed by atoms with Crippen LogP contribution in [0.25, 0.3) is 0 Å². The summed E-state index contributed by atoms with van der Waals surface area (Å²) in [4.78, 5) is 23.8. The van der Waals surface area contributed by atoms with Crippen LogP contribution in [0.1, 0.15) is 20.7 Å². The van der Waals surface area contributed by atoms with Crippen LogP contribution in [-0.4, -0.2) is 25.5 Å². The molecule has 0 aliphatic heterocycles. The van der Waals surface area contributed by atoms with Gasteiger partial charge in [-0.05, 0) is 42.5 Å². The Bertz CT molecular complexity index is 698. The van der Waals surface area contributed by atoms with Crippen LogP contribution in [0.4, 0.5) is 5.69 Å². The number of nitrogen functional groups attached to an aromatic ring is 1. The van der Waals surface area contributed by atoms with E-state index in [2.05, 4.69) is 0 Å². The summed E-state index contributed by atoms with van der Waals surface area (Å²) < 4.78 is 9.98. The number of anilines is 1. The Labute approximate surface area is 132 Å². The molecule has 0 bridgehead atoms. The minimum Gasteiger partial charge on any atom is -0.497 e. The predicted molar refractivity (Wildman–Crippen MR) is 83.5 cm³/mol. The van der Waals surface area contributed by atoms with Gasteiger partial charge < -0.3 is 15.2 Å². The number of carbonyl (C=O) groups is 2. The van der Waals surface area contributed by atoms with Crippen LogP contribution in [0.15, 0.2) is 42.5 Å². The second-order valence-corrected chi connectivity index (χ2v) is 4.87. The maximum Gasteiger partial charge on any atom is 0.338 e. The van der Waals surface area contributed by atoms with Crippen LogP contribution in [-0.2, 0) is 4.74 Å². The normalized spacial score (nSPS) is 10.1. The Kier molecular flexibility index (Phi) is 5.01. The standard InChI is InChI=1S/C16H14ClNO4/c1-21-12-5-2-10(3-6-12)15(19)9-22-16(20)11-4-7-13(17)14(18)8-11/h2-8H,9,18H2,1H3.